The number of rotatable bonds is 3. The molecule has 0 aromatic rings. The zero-order valence-electron chi connectivity index (χ0n) is 11.1. The molecule has 0 bridgehead atoms. The molecule has 0 amide bonds. The summed E-state index contributed by atoms with van der Waals surface area (Å²) in [5, 5.41) is 0. The summed E-state index contributed by atoms with van der Waals surface area (Å²) in [5.74, 6) is 0. The van der Waals surface area contributed by atoms with Gasteiger partial charge >= 0.3 is 0 Å². The first kappa shape index (κ1) is 12.0. The van der Waals surface area contributed by atoms with Gasteiger partial charge in [-0.3, -0.25) is 0 Å². The van der Waals surface area contributed by atoms with Gasteiger partial charge in [-0.05, 0) is 37.6 Å². The second-order valence-corrected chi connectivity index (χ2v) is 6.99. The molecule has 0 spiro atoms. The largest absolute Gasteiger partial charge is 0.300 e. The molecule has 1 nitrogen and oxygen atoms in total. The predicted molar refractivity (Wildman–Crippen MR) is 63.5 cm³/mol. The van der Waals surface area contributed by atoms with Crippen molar-refractivity contribution in [1.29, 1.82) is 0 Å². The highest BCUT2D eigenvalue weighted by Gasteiger charge is 2.44. The highest BCUT2D eigenvalue weighted by molar-refractivity contribution is 5.00. The second-order valence-electron chi connectivity index (χ2n) is 6.99. The van der Waals surface area contributed by atoms with Gasteiger partial charge < -0.3 is 4.90 Å². The molecule has 1 aliphatic rings. The quantitative estimate of drug-likeness (QED) is 0.669. The lowest BCUT2D eigenvalue weighted by atomic mass is 9.69. The fourth-order valence-corrected chi connectivity index (χ4v) is 1.58. The van der Waals surface area contributed by atoms with Crippen LogP contribution < -0.4 is 0 Å². The van der Waals surface area contributed by atoms with Gasteiger partial charge in [-0.25, -0.2) is 0 Å². The van der Waals surface area contributed by atoms with E-state index >= 15 is 0 Å². The van der Waals surface area contributed by atoms with Crippen LogP contribution in [0.4, 0.5) is 0 Å². The van der Waals surface area contributed by atoms with Crippen molar-refractivity contribution in [3.8, 4) is 0 Å². The summed E-state index contributed by atoms with van der Waals surface area (Å²) in [4.78, 5) is 2.55. The van der Waals surface area contributed by atoms with Crippen LogP contribution in [0.2, 0.25) is 0 Å². The minimum absolute atomic E-state index is 0.381. The summed E-state index contributed by atoms with van der Waals surface area (Å²) in [7, 11) is 2.28. The van der Waals surface area contributed by atoms with E-state index < -0.39 is 0 Å². The number of hydrogen-bond acceptors (Lipinski definition) is 1. The summed E-state index contributed by atoms with van der Waals surface area (Å²) in [6.45, 7) is 15.4. The van der Waals surface area contributed by atoms with Gasteiger partial charge in [-0.2, -0.15) is 0 Å². The molecule has 1 saturated carbocycles. The molecule has 0 radical (unpaired) electrons. The van der Waals surface area contributed by atoms with E-state index in [0.717, 1.165) is 0 Å². The molecule has 0 aliphatic heterocycles. The Kier molecular flexibility index (Phi) is 2.78. The minimum Gasteiger partial charge on any atom is -0.300 e. The summed E-state index contributed by atoms with van der Waals surface area (Å²) in [6, 6.07) is 0. The Morgan fingerprint density at radius 3 is 1.79 bits per heavy atom. The molecule has 0 atom stereocenters. The maximum atomic E-state index is 2.55. The van der Waals surface area contributed by atoms with Crippen LogP contribution in [0.1, 0.15) is 54.4 Å². The Hall–Kier alpha value is -0.0400. The normalized spacial score (nSPS) is 21.4. The van der Waals surface area contributed by atoms with Crippen LogP contribution >= 0.6 is 0 Å². The van der Waals surface area contributed by atoms with E-state index in [1.165, 1.54) is 19.4 Å². The van der Waals surface area contributed by atoms with Crippen molar-refractivity contribution in [2.24, 2.45) is 10.8 Å². The molecule has 1 fully saturated rings. The smallest absolute Gasteiger partial charge is 0.0180 e. The molecule has 1 aliphatic carbocycles. The van der Waals surface area contributed by atoms with Crippen LogP contribution in [0, 0.1) is 10.8 Å². The van der Waals surface area contributed by atoms with Crippen LogP contribution in [0.3, 0.4) is 0 Å². The molecule has 1 rings (SSSR count). The zero-order valence-corrected chi connectivity index (χ0v) is 11.1. The van der Waals surface area contributed by atoms with E-state index in [2.05, 4.69) is 53.5 Å². The summed E-state index contributed by atoms with van der Waals surface area (Å²) >= 11 is 0. The van der Waals surface area contributed by atoms with Crippen molar-refractivity contribution in [2.45, 2.75) is 59.9 Å². The van der Waals surface area contributed by atoms with Crippen LogP contribution in [0.25, 0.3) is 0 Å². The van der Waals surface area contributed by atoms with Crippen LogP contribution in [0.5, 0.6) is 0 Å². The molecule has 0 saturated heterocycles. The van der Waals surface area contributed by atoms with Gasteiger partial charge in [0.2, 0.25) is 0 Å². The Bertz CT molecular complexity index is 206. The van der Waals surface area contributed by atoms with Gasteiger partial charge in [-0.1, -0.05) is 34.6 Å². The first-order valence-corrected chi connectivity index (χ1v) is 5.80. The standard InChI is InChI=1S/C13H27N/c1-11(2,3)12(4,5)10-14(7)13(6)8-9-13/h8-10H2,1-7H3. The lowest BCUT2D eigenvalue weighted by Gasteiger charge is -2.43. The summed E-state index contributed by atoms with van der Waals surface area (Å²) in [6.07, 6.45) is 2.76. The average molecular weight is 197 g/mol. The summed E-state index contributed by atoms with van der Waals surface area (Å²) < 4.78 is 0. The van der Waals surface area contributed by atoms with Gasteiger partial charge in [-0.15, -0.1) is 0 Å². The molecule has 84 valence electrons. The minimum atomic E-state index is 0.381. The Morgan fingerprint density at radius 1 is 1.07 bits per heavy atom. The highest BCUT2D eigenvalue weighted by atomic mass is 15.2. The molecule has 0 heterocycles. The van der Waals surface area contributed by atoms with E-state index in [1.807, 2.05) is 0 Å². The lowest BCUT2D eigenvalue weighted by molar-refractivity contribution is 0.0607. The second kappa shape index (κ2) is 3.23. The Labute approximate surface area is 89.9 Å². The third kappa shape index (κ3) is 2.31. The Morgan fingerprint density at radius 2 is 1.50 bits per heavy atom. The topological polar surface area (TPSA) is 3.24 Å². The van der Waals surface area contributed by atoms with Gasteiger partial charge in [0.1, 0.15) is 0 Å². The average Bonchev–Trinajstić information content (AvgIpc) is 2.65. The van der Waals surface area contributed by atoms with Crippen LogP contribution in [-0.2, 0) is 0 Å². The summed E-state index contributed by atoms with van der Waals surface area (Å²) in [5.41, 5.74) is 1.28. The maximum absolute atomic E-state index is 2.55. The van der Waals surface area contributed by atoms with E-state index in [0.29, 0.717) is 16.4 Å². The predicted octanol–water partition coefficient (Wildman–Crippen LogP) is 3.54. The van der Waals surface area contributed by atoms with Gasteiger partial charge in [0.15, 0.2) is 0 Å². The van der Waals surface area contributed by atoms with E-state index in [-0.39, 0.29) is 0 Å². The molecule has 0 aromatic heterocycles. The molecule has 14 heavy (non-hydrogen) atoms. The Balaban J connectivity index is 2.59. The van der Waals surface area contributed by atoms with Crippen molar-refractivity contribution in [1.82, 2.24) is 4.90 Å². The first-order valence-electron chi connectivity index (χ1n) is 5.80. The first-order chi connectivity index (χ1) is 6.08. The van der Waals surface area contributed by atoms with Crippen molar-refractivity contribution >= 4 is 0 Å². The van der Waals surface area contributed by atoms with E-state index in [1.54, 1.807) is 0 Å². The third-order valence-corrected chi connectivity index (χ3v) is 4.56. The van der Waals surface area contributed by atoms with Crippen molar-refractivity contribution < 1.29 is 0 Å². The molecule has 0 unspecified atom stereocenters. The molecular formula is C13H27N. The fraction of sp³-hybridized carbons (Fsp3) is 1.00. The van der Waals surface area contributed by atoms with E-state index in [9.17, 15) is 0 Å². The number of hydrogen-bond donors (Lipinski definition) is 0. The zero-order chi connectivity index (χ0) is 11.2. The molecule has 1 heteroatoms. The highest BCUT2D eigenvalue weighted by Crippen LogP contribution is 2.45. The van der Waals surface area contributed by atoms with E-state index in [4.69, 9.17) is 0 Å². The monoisotopic (exact) mass is 197 g/mol. The van der Waals surface area contributed by atoms with Crippen molar-refractivity contribution in [2.75, 3.05) is 13.6 Å². The molecular weight excluding hydrogens is 170 g/mol. The van der Waals surface area contributed by atoms with Gasteiger partial charge in [0, 0.05) is 12.1 Å². The maximum Gasteiger partial charge on any atom is 0.0180 e. The van der Waals surface area contributed by atoms with Crippen molar-refractivity contribution in [3.63, 3.8) is 0 Å². The molecule has 0 N–H and O–H groups in total. The van der Waals surface area contributed by atoms with Gasteiger partial charge in [0.25, 0.3) is 0 Å². The van der Waals surface area contributed by atoms with Gasteiger partial charge in [0.05, 0.1) is 0 Å². The SMILES string of the molecule is CN(CC(C)(C)C(C)(C)C)C1(C)CC1. The third-order valence-electron chi connectivity index (χ3n) is 4.56. The lowest BCUT2D eigenvalue weighted by Crippen LogP contribution is -2.44. The van der Waals surface area contributed by atoms with Crippen molar-refractivity contribution in [3.05, 3.63) is 0 Å². The molecule has 0 aromatic carbocycles. The van der Waals surface area contributed by atoms with Crippen LogP contribution in [0.15, 0.2) is 0 Å². The van der Waals surface area contributed by atoms with Crippen LogP contribution in [-0.4, -0.2) is 24.0 Å². The number of nitrogens with zero attached hydrogens (tertiary/aromatic N) is 1. The fourth-order valence-electron chi connectivity index (χ4n) is 1.58.